The number of aromatic carboxylic acids is 1. The molecule has 0 atom stereocenters. The molecule has 0 amide bonds. The number of rotatable bonds is 5. The van der Waals surface area contributed by atoms with E-state index in [1.807, 2.05) is 0 Å². The largest absolute Gasteiger partial charge is 0.490 e. The number of carboxylic acid groups (broad SMARTS) is 1. The van der Waals surface area contributed by atoms with Crippen molar-refractivity contribution in [3.8, 4) is 5.75 Å². The SMILES string of the molecule is COC(=O)C(C)(C)COc1ccc(C)nc1C(=O)O. The van der Waals surface area contributed by atoms with E-state index in [4.69, 9.17) is 9.84 Å². The molecule has 0 saturated carbocycles. The molecule has 0 spiro atoms. The summed E-state index contributed by atoms with van der Waals surface area (Å²) in [5, 5.41) is 9.04. The van der Waals surface area contributed by atoms with Crippen molar-refractivity contribution in [3.63, 3.8) is 0 Å². The quantitative estimate of drug-likeness (QED) is 0.817. The first-order valence-electron chi connectivity index (χ1n) is 5.70. The number of methoxy groups -OCH3 is 1. The molecule has 0 saturated heterocycles. The molecule has 1 aromatic rings. The second-order valence-corrected chi connectivity index (χ2v) is 4.77. The summed E-state index contributed by atoms with van der Waals surface area (Å²) < 4.78 is 10.0. The Hall–Kier alpha value is -2.11. The van der Waals surface area contributed by atoms with Crippen molar-refractivity contribution >= 4 is 11.9 Å². The number of esters is 1. The third kappa shape index (κ3) is 3.67. The monoisotopic (exact) mass is 267 g/mol. The fourth-order valence-electron chi connectivity index (χ4n) is 1.41. The van der Waals surface area contributed by atoms with E-state index in [1.54, 1.807) is 26.8 Å². The summed E-state index contributed by atoms with van der Waals surface area (Å²) in [6.07, 6.45) is 0. The Bertz CT molecular complexity index is 496. The third-order valence-corrected chi connectivity index (χ3v) is 2.53. The predicted molar refractivity (Wildman–Crippen MR) is 67.2 cm³/mol. The smallest absolute Gasteiger partial charge is 0.358 e. The highest BCUT2D eigenvalue weighted by atomic mass is 16.5. The number of aromatic nitrogens is 1. The molecular formula is C13H17NO5. The number of hydrogen-bond donors (Lipinski definition) is 1. The van der Waals surface area contributed by atoms with Crippen molar-refractivity contribution in [3.05, 3.63) is 23.5 Å². The molecule has 0 aromatic carbocycles. The highest BCUT2D eigenvalue weighted by Gasteiger charge is 2.30. The van der Waals surface area contributed by atoms with Crippen LogP contribution in [0.5, 0.6) is 5.75 Å². The molecule has 0 aliphatic heterocycles. The van der Waals surface area contributed by atoms with Crippen LogP contribution in [0.2, 0.25) is 0 Å². The van der Waals surface area contributed by atoms with Crippen LogP contribution in [0, 0.1) is 12.3 Å². The Morgan fingerprint density at radius 3 is 2.53 bits per heavy atom. The van der Waals surface area contributed by atoms with Crippen molar-refractivity contribution in [2.24, 2.45) is 5.41 Å². The van der Waals surface area contributed by atoms with Crippen LogP contribution in [0.1, 0.15) is 30.0 Å². The lowest BCUT2D eigenvalue weighted by atomic mass is 9.95. The molecule has 0 radical (unpaired) electrons. The Morgan fingerprint density at radius 2 is 2.00 bits per heavy atom. The molecule has 0 bridgehead atoms. The van der Waals surface area contributed by atoms with Gasteiger partial charge in [0.25, 0.3) is 0 Å². The number of hydrogen-bond acceptors (Lipinski definition) is 5. The summed E-state index contributed by atoms with van der Waals surface area (Å²) in [6, 6.07) is 3.17. The highest BCUT2D eigenvalue weighted by Crippen LogP contribution is 2.22. The van der Waals surface area contributed by atoms with E-state index in [0.29, 0.717) is 5.69 Å². The van der Waals surface area contributed by atoms with Gasteiger partial charge in [-0.3, -0.25) is 4.79 Å². The van der Waals surface area contributed by atoms with Gasteiger partial charge in [-0.05, 0) is 32.9 Å². The molecule has 0 aliphatic carbocycles. The second kappa shape index (κ2) is 5.69. The van der Waals surface area contributed by atoms with Crippen LogP contribution in [-0.2, 0) is 9.53 Å². The summed E-state index contributed by atoms with van der Waals surface area (Å²) in [5.41, 5.74) is -0.451. The molecule has 6 nitrogen and oxygen atoms in total. The van der Waals surface area contributed by atoms with E-state index in [1.165, 1.54) is 13.2 Å². The Balaban J connectivity index is 2.89. The summed E-state index contributed by atoms with van der Waals surface area (Å²) in [4.78, 5) is 26.4. The maximum absolute atomic E-state index is 11.5. The van der Waals surface area contributed by atoms with Crippen molar-refractivity contribution < 1.29 is 24.2 Å². The molecule has 1 N–H and O–H groups in total. The molecule has 0 unspecified atom stereocenters. The fourth-order valence-corrected chi connectivity index (χ4v) is 1.41. The number of carboxylic acids is 1. The average Bonchev–Trinajstić information content (AvgIpc) is 2.36. The van der Waals surface area contributed by atoms with Crippen molar-refractivity contribution in [1.29, 1.82) is 0 Å². The van der Waals surface area contributed by atoms with E-state index in [0.717, 1.165) is 0 Å². The molecule has 6 heteroatoms. The minimum Gasteiger partial charge on any atom is -0.490 e. The highest BCUT2D eigenvalue weighted by molar-refractivity contribution is 5.88. The van der Waals surface area contributed by atoms with Crippen molar-refractivity contribution in [2.45, 2.75) is 20.8 Å². The maximum Gasteiger partial charge on any atom is 0.358 e. The van der Waals surface area contributed by atoms with Crippen LogP contribution < -0.4 is 4.74 Å². The summed E-state index contributed by atoms with van der Waals surface area (Å²) in [5.74, 6) is -1.46. The summed E-state index contributed by atoms with van der Waals surface area (Å²) in [7, 11) is 1.29. The van der Waals surface area contributed by atoms with Crippen LogP contribution in [0.15, 0.2) is 12.1 Å². The number of ether oxygens (including phenoxy) is 2. The lowest BCUT2D eigenvalue weighted by molar-refractivity contribution is -0.152. The van der Waals surface area contributed by atoms with Crippen molar-refractivity contribution in [1.82, 2.24) is 4.98 Å². The van der Waals surface area contributed by atoms with E-state index in [9.17, 15) is 9.59 Å². The average molecular weight is 267 g/mol. The zero-order chi connectivity index (χ0) is 14.6. The van der Waals surface area contributed by atoms with Crippen LogP contribution >= 0.6 is 0 Å². The second-order valence-electron chi connectivity index (χ2n) is 4.77. The van der Waals surface area contributed by atoms with Gasteiger partial charge in [0.05, 0.1) is 12.5 Å². The van der Waals surface area contributed by atoms with Crippen LogP contribution in [-0.4, -0.2) is 35.7 Å². The molecule has 0 fully saturated rings. The molecule has 1 heterocycles. The molecule has 1 rings (SSSR count). The Morgan fingerprint density at radius 1 is 1.37 bits per heavy atom. The van der Waals surface area contributed by atoms with Crippen LogP contribution in [0.4, 0.5) is 0 Å². The first-order valence-corrected chi connectivity index (χ1v) is 5.70. The first-order chi connectivity index (χ1) is 8.77. The Labute approximate surface area is 111 Å². The zero-order valence-corrected chi connectivity index (χ0v) is 11.4. The summed E-state index contributed by atoms with van der Waals surface area (Å²) in [6.45, 7) is 5.00. The van der Waals surface area contributed by atoms with Gasteiger partial charge in [-0.15, -0.1) is 0 Å². The Kier molecular flexibility index (Phi) is 4.47. The number of nitrogens with zero attached hydrogens (tertiary/aromatic N) is 1. The zero-order valence-electron chi connectivity index (χ0n) is 11.4. The molecule has 19 heavy (non-hydrogen) atoms. The van der Waals surface area contributed by atoms with Gasteiger partial charge in [0.2, 0.25) is 0 Å². The molecule has 1 aromatic heterocycles. The predicted octanol–water partition coefficient (Wildman–Crippen LogP) is 1.67. The topological polar surface area (TPSA) is 85.7 Å². The van der Waals surface area contributed by atoms with Gasteiger partial charge in [-0.2, -0.15) is 0 Å². The van der Waals surface area contributed by atoms with Gasteiger partial charge in [0, 0.05) is 5.69 Å². The van der Waals surface area contributed by atoms with E-state index in [2.05, 4.69) is 9.72 Å². The van der Waals surface area contributed by atoms with Gasteiger partial charge in [0.1, 0.15) is 6.61 Å². The van der Waals surface area contributed by atoms with Gasteiger partial charge in [0.15, 0.2) is 11.4 Å². The van der Waals surface area contributed by atoms with Crippen molar-refractivity contribution in [2.75, 3.05) is 13.7 Å². The minimum atomic E-state index is -1.17. The van der Waals surface area contributed by atoms with Gasteiger partial charge in [-0.25, -0.2) is 9.78 Å². The van der Waals surface area contributed by atoms with Gasteiger partial charge in [-0.1, -0.05) is 0 Å². The standard InChI is InChI=1S/C13H17NO5/c1-8-5-6-9(10(14-8)11(15)16)19-7-13(2,3)12(17)18-4/h5-6H,7H2,1-4H3,(H,15,16). The summed E-state index contributed by atoms with van der Waals surface area (Å²) >= 11 is 0. The van der Waals surface area contributed by atoms with Crippen LogP contribution in [0.25, 0.3) is 0 Å². The number of carbonyl (C=O) groups excluding carboxylic acids is 1. The van der Waals surface area contributed by atoms with Gasteiger partial charge < -0.3 is 14.6 Å². The molecule has 104 valence electrons. The normalized spacial score (nSPS) is 10.9. The number of aryl methyl sites for hydroxylation is 1. The first kappa shape index (κ1) is 14.9. The van der Waals surface area contributed by atoms with E-state index < -0.39 is 17.4 Å². The maximum atomic E-state index is 11.5. The lowest BCUT2D eigenvalue weighted by Gasteiger charge is -2.22. The number of carbonyl (C=O) groups is 2. The third-order valence-electron chi connectivity index (χ3n) is 2.53. The lowest BCUT2D eigenvalue weighted by Crippen LogP contribution is -2.32. The molecular weight excluding hydrogens is 250 g/mol. The molecule has 0 aliphatic rings. The van der Waals surface area contributed by atoms with Crippen LogP contribution in [0.3, 0.4) is 0 Å². The van der Waals surface area contributed by atoms with E-state index >= 15 is 0 Å². The number of pyridine rings is 1. The van der Waals surface area contributed by atoms with E-state index in [-0.39, 0.29) is 18.1 Å². The fraction of sp³-hybridized carbons (Fsp3) is 0.462. The van der Waals surface area contributed by atoms with Gasteiger partial charge >= 0.3 is 11.9 Å². The minimum absolute atomic E-state index is 0.00466.